The number of hydrogen-bond donors (Lipinski definition) is 0. The lowest BCUT2D eigenvalue weighted by molar-refractivity contribution is 0.00370. The van der Waals surface area contributed by atoms with Crippen LogP contribution >= 0.6 is 17.2 Å². The van der Waals surface area contributed by atoms with Gasteiger partial charge in [0.25, 0.3) is 0 Å². The molecule has 2 fully saturated rings. The minimum Gasteiger partial charge on any atom is -0.493 e. The number of methoxy groups -OCH3 is 1. The maximum absolute atomic E-state index is 7.71. The molecular formula is C70H54O7P2. The van der Waals surface area contributed by atoms with Crippen LogP contribution in [-0.2, 0) is 40.5 Å². The fraction of sp³-hybridized carbons (Fsp3) is 0.0857. The Morgan fingerprint density at radius 2 is 0.620 bits per heavy atom. The second-order valence-corrected chi connectivity index (χ2v) is 21.6. The lowest BCUT2D eigenvalue weighted by atomic mass is 9.66. The molecule has 0 N–H and O–H groups in total. The highest BCUT2D eigenvalue weighted by Gasteiger charge is 2.68. The van der Waals surface area contributed by atoms with Crippen LogP contribution in [0.25, 0.3) is 21.9 Å². The van der Waals surface area contributed by atoms with Gasteiger partial charge in [-0.3, -0.25) is 18.1 Å². The molecule has 2 aliphatic rings. The third kappa shape index (κ3) is 8.36. The van der Waals surface area contributed by atoms with Gasteiger partial charge in [-0.25, -0.2) is 0 Å². The highest BCUT2D eigenvalue weighted by molar-refractivity contribution is 7.42. The quantitative estimate of drug-likeness (QED) is 0.101. The lowest BCUT2D eigenvalue weighted by Crippen LogP contribution is -2.48. The Labute approximate surface area is 463 Å². The minimum atomic E-state index is -2.29. The number of hydrogen-bond acceptors (Lipinski definition) is 7. The molecule has 79 heavy (non-hydrogen) atoms. The molecule has 0 aromatic heterocycles. The predicted molar refractivity (Wildman–Crippen MR) is 315 cm³/mol. The monoisotopic (exact) mass is 1070 g/mol. The Hall–Kier alpha value is -8.22. The SMILES string of the molecule is COc1cc(C)cc(-c2c(OP3OC(c4ccccc4)(c4ccccc4)C(c4ccccc4)(c4ccccc4)O3)ccc3ccccc23)c1OP1OC(c2ccccc2)(c2ccccc2)C(c2ccccc2)(c2ccccc2)O1. The van der Waals surface area contributed by atoms with Crippen LogP contribution in [0, 0.1) is 6.92 Å². The molecule has 11 aromatic rings. The van der Waals surface area contributed by atoms with Crippen LogP contribution in [0.2, 0.25) is 0 Å². The minimum absolute atomic E-state index is 0.416. The summed E-state index contributed by atoms with van der Waals surface area (Å²) in [6.45, 7) is 2.05. The van der Waals surface area contributed by atoms with E-state index in [0.29, 0.717) is 22.8 Å². The molecule has 2 aliphatic heterocycles. The van der Waals surface area contributed by atoms with Crippen molar-refractivity contribution in [3.8, 4) is 28.4 Å². The maximum Gasteiger partial charge on any atom is 0.400 e. The van der Waals surface area contributed by atoms with Gasteiger partial charge in [0, 0.05) is 11.1 Å². The molecule has 386 valence electrons. The number of fused-ring (bicyclic) bond motifs is 1. The van der Waals surface area contributed by atoms with E-state index < -0.39 is 39.6 Å². The van der Waals surface area contributed by atoms with Crippen molar-refractivity contribution in [1.82, 2.24) is 0 Å². The van der Waals surface area contributed by atoms with Crippen molar-refractivity contribution in [2.45, 2.75) is 29.3 Å². The Kier molecular flexibility index (Phi) is 13.5. The molecule has 0 unspecified atom stereocenters. The lowest BCUT2D eigenvalue weighted by Gasteiger charge is -2.43. The molecule has 11 aromatic carbocycles. The zero-order chi connectivity index (χ0) is 53.3. The number of benzene rings is 11. The second-order valence-electron chi connectivity index (χ2n) is 19.7. The molecule has 2 saturated heterocycles. The molecule has 0 atom stereocenters. The van der Waals surface area contributed by atoms with E-state index in [1.54, 1.807) is 7.11 Å². The maximum atomic E-state index is 7.71. The van der Waals surface area contributed by atoms with E-state index in [9.17, 15) is 0 Å². The van der Waals surface area contributed by atoms with Gasteiger partial charge >= 0.3 is 17.2 Å². The van der Waals surface area contributed by atoms with Crippen LogP contribution in [0.1, 0.15) is 50.1 Å². The van der Waals surface area contributed by atoms with E-state index in [0.717, 1.165) is 66.4 Å². The summed E-state index contributed by atoms with van der Waals surface area (Å²) in [6, 6.07) is 99.2. The van der Waals surface area contributed by atoms with Gasteiger partial charge in [-0.2, -0.15) is 0 Å². The van der Waals surface area contributed by atoms with Crippen molar-refractivity contribution < 1.29 is 31.9 Å². The van der Waals surface area contributed by atoms with Crippen LogP contribution in [-0.4, -0.2) is 7.11 Å². The topological polar surface area (TPSA) is 64.6 Å². The normalized spacial score (nSPS) is 16.3. The van der Waals surface area contributed by atoms with E-state index in [2.05, 4.69) is 128 Å². The van der Waals surface area contributed by atoms with Crippen molar-refractivity contribution in [2.24, 2.45) is 0 Å². The van der Waals surface area contributed by atoms with Gasteiger partial charge < -0.3 is 13.8 Å². The van der Waals surface area contributed by atoms with Crippen LogP contribution in [0.15, 0.2) is 291 Å². The fourth-order valence-corrected chi connectivity index (χ4v) is 15.0. The molecule has 0 spiro atoms. The van der Waals surface area contributed by atoms with E-state index in [1.165, 1.54) is 0 Å². The van der Waals surface area contributed by atoms with E-state index in [-0.39, 0.29) is 0 Å². The van der Waals surface area contributed by atoms with E-state index >= 15 is 0 Å². The van der Waals surface area contributed by atoms with Crippen LogP contribution < -0.4 is 13.8 Å². The first-order valence-electron chi connectivity index (χ1n) is 26.4. The summed E-state index contributed by atoms with van der Waals surface area (Å²) >= 11 is 0. The molecule has 0 amide bonds. The average Bonchev–Trinajstić information content (AvgIpc) is 3.92. The van der Waals surface area contributed by atoms with Gasteiger partial charge in [-0.15, -0.1) is 0 Å². The Bertz CT molecular complexity index is 3520. The second kappa shape index (κ2) is 21.2. The summed E-state index contributed by atoms with van der Waals surface area (Å²) in [7, 11) is -2.87. The summed E-state index contributed by atoms with van der Waals surface area (Å²) in [5, 5.41) is 1.90. The van der Waals surface area contributed by atoms with E-state index in [4.69, 9.17) is 31.9 Å². The summed E-state index contributed by atoms with van der Waals surface area (Å²) in [6.07, 6.45) is 0. The third-order valence-corrected chi connectivity index (χ3v) is 17.6. The number of ether oxygens (including phenoxy) is 1. The molecule has 2 heterocycles. The van der Waals surface area contributed by atoms with Gasteiger partial charge in [-0.1, -0.05) is 273 Å². The summed E-state index contributed by atoms with van der Waals surface area (Å²) in [5.41, 5.74) is 4.52. The third-order valence-electron chi connectivity index (χ3n) is 15.2. The van der Waals surface area contributed by atoms with Gasteiger partial charge in [-0.05, 0) is 86.0 Å². The Balaban J connectivity index is 1.01. The van der Waals surface area contributed by atoms with Crippen LogP contribution in [0.4, 0.5) is 0 Å². The molecule has 0 saturated carbocycles. The largest absolute Gasteiger partial charge is 0.493 e. The van der Waals surface area contributed by atoms with Gasteiger partial charge in [0.1, 0.15) is 5.75 Å². The predicted octanol–water partition coefficient (Wildman–Crippen LogP) is 17.9. The van der Waals surface area contributed by atoms with Crippen LogP contribution in [0.3, 0.4) is 0 Å². The zero-order valence-electron chi connectivity index (χ0n) is 43.5. The molecule has 0 aliphatic carbocycles. The summed E-state index contributed by atoms with van der Waals surface area (Å²) < 4.78 is 52.1. The van der Waals surface area contributed by atoms with Crippen molar-refractivity contribution >= 4 is 28.0 Å². The number of aryl methyl sites for hydroxylation is 1. The highest BCUT2D eigenvalue weighted by atomic mass is 31.2. The van der Waals surface area contributed by atoms with Gasteiger partial charge in [0.05, 0.1) is 7.11 Å². The molecular weight excluding hydrogens is 1010 g/mol. The average molecular weight is 1070 g/mol. The van der Waals surface area contributed by atoms with E-state index in [1.807, 2.05) is 170 Å². The van der Waals surface area contributed by atoms with Crippen molar-refractivity contribution in [3.63, 3.8) is 0 Å². The van der Waals surface area contributed by atoms with Gasteiger partial charge in [0.2, 0.25) is 0 Å². The number of rotatable bonds is 14. The standard InChI is InChI=1S/C70H54O7P2/c1-51-49-62(66(64(50-51)71-2)73-79-76-69(57-38-19-7-20-39-57,58-40-21-8-22-41-58)70(77-79,59-42-23-9-24-43-59)60-44-25-10-26-45-60)65-61-46-28-27-29-52(61)47-48-63(65)72-78-74-67(53-30-11-3-12-31-53,54-32-13-4-14-33-54)68(75-78,55-34-15-5-16-35-55)56-36-17-6-18-37-56/h3-50H,1-2H3. The smallest absolute Gasteiger partial charge is 0.400 e. The Morgan fingerprint density at radius 1 is 0.316 bits per heavy atom. The summed E-state index contributed by atoms with van der Waals surface area (Å²) in [4.78, 5) is 0. The fourth-order valence-electron chi connectivity index (χ4n) is 11.8. The first-order chi connectivity index (χ1) is 39.0. The summed E-state index contributed by atoms with van der Waals surface area (Å²) in [5.74, 6) is 1.42. The first-order valence-corrected chi connectivity index (χ1v) is 28.6. The molecule has 0 bridgehead atoms. The van der Waals surface area contributed by atoms with Crippen molar-refractivity contribution in [1.29, 1.82) is 0 Å². The van der Waals surface area contributed by atoms with Crippen molar-refractivity contribution in [2.75, 3.05) is 7.11 Å². The Morgan fingerprint density at radius 3 is 0.949 bits per heavy atom. The zero-order valence-corrected chi connectivity index (χ0v) is 45.3. The van der Waals surface area contributed by atoms with Crippen LogP contribution in [0.5, 0.6) is 17.2 Å². The first kappa shape index (κ1) is 50.3. The molecule has 7 nitrogen and oxygen atoms in total. The highest BCUT2D eigenvalue weighted by Crippen LogP contribution is 2.73. The van der Waals surface area contributed by atoms with Crippen molar-refractivity contribution in [3.05, 3.63) is 341 Å². The molecule has 0 radical (unpaired) electrons. The van der Waals surface area contributed by atoms with Gasteiger partial charge in [0.15, 0.2) is 33.9 Å². The molecule has 13 rings (SSSR count). The molecule has 9 heteroatoms.